The van der Waals surface area contributed by atoms with E-state index in [-0.39, 0.29) is 5.91 Å². The van der Waals surface area contributed by atoms with E-state index < -0.39 is 0 Å². The third kappa shape index (κ3) is 3.16. The maximum absolute atomic E-state index is 12.1. The molecule has 4 nitrogen and oxygen atoms in total. The van der Waals surface area contributed by atoms with Crippen molar-refractivity contribution >= 4 is 5.91 Å². The van der Waals surface area contributed by atoms with Gasteiger partial charge in [0, 0.05) is 24.4 Å². The van der Waals surface area contributed by atoms with Gasteiger partial charge in [0.05, 0.1) is 19.6 Å². The summed E-state index contributed by atoms with van der Waals surface area (Å²) < 4.78 is 7.66. The van der Waals surface area contributed by atoms with Crippen molar-refractivity contribution in [1.82, 2.24) is 9.88 Å². The molecule has 0 radical (unpaired) electrons. The largest absolute Gasteiger partial charge is 0.493 e. The number of rotatable bonds is 5. The van der Waals surface area contributed by atoms with Crippen LogP contribution in [0.4, 0.5) is 0 Å². The van der Waals surface area contributed by atoms with Crippen molar-refractivity contribution in [3.8, 4) is 5.75 Å². The summed E-state index contributed by atoms with van der Waals surface area (Å²) in [5.41, 5.74) is 3.38. The van der Waals surface area contributed by atoms with Crippen molar-refractivity contribution in [2.24, 2.45) is 0 Å². The number of aromatic nitrogens is 1. The van der Waals surface area contributed by atoms with Gasteiger partial charge in [0.15, 0.2) is 0 Å². The maximum atomic E-state index is 12.1. The fraction of sp³-hybridized carbons (Fsp3) is 0.389. The van der Waals surface area contributed by atoms with Gasteiger partial charge in [-0.3, -0.25) is 4.79 Å². The molecule has 0 saturated carbocycles. The van der Waals surface area contributed by atoms with Crippen molar-refractivity contribution in [2.45, 2.75) is 39.3 Å². The van der Waals surface area contributed by atoms with Crippen molar-refractivity contribution in [2.75, 3.05) is 6.61 Å². The van der Waals surface area contributed by atoms with Crippen LogP contribution >= 0.6 is 0 Å². The van der Waals surface area contributed by atoms with Gasteiger partial charge in [0.25, 0.3) is 0 Å². The van der Waals surface area contributed by atoms with Gasteiger partial charge in [-0.25, -0.2) is 0 Å². The minimum Gasteiger partial charge on any atom is -0.493 e. The van der Waals surface area contributed by atoms with E-state index in [1.54, 1.807) is 0 Å². The number of nitrogens with zero attached hydrogens (tertiary/aromatic N) is 1. The number of hydrogen-bond acceptors (Lipinski definition) is 2. The molecule has 2 heterocycles. The molecule has 1 N–H and O–H groups in total. The van der Waals surface area contributed by atoms with Gasteiger partial charge in [0.2, 0.25) is 5.91 Å². The summed E-state index contributed by atoms with van der Waals surface area (Å²) in [7, 11) is 0. The van der Waals surface area contributed by atoms with Gasteiger partial charge in [-0.15, -0.1) is 0 Å². The standard InChI is InChI=1S/C18H22N2O2/c1-13(2)20-8-3-4-16(20)12-19-18(21)11-14-5-6-17-15(10-14)7-9-22-17/h3-6,8,10,13H,7,9,11-12H2,1-2H3,(H,19,21). The number of benzene rings is 1. The normalized spacial score (nSPS) is 13.0. The average Bonchev–Trinajstić information content (AvgIpc) is 3.13. The van der Waals surface area contributed by atoms with Crippen molar-refractivity contribution in [1.29, 1.82) is 0 Å². The van der Waals surface area contributed by atoms with E-state index in [0.29, 0.717) is 19.0 Å². The van der Waals surface area contributed by atoms with E-state index in [4.69, 9.17) is 4.74 Å². The van der Waals surface area contributed by atoms with E-state index in [1.165, 1.54) is 5.56 Å². The van der Waals surface area contributed by atoms with Crippen LogP contribution in [0.25, 0.3) is 0 Å². The van der Waals surface area contributed by atoms with Crippen LogP contribution in [0.1, 0.15) is 36.7 Å². The topological polar surface area (TPSA) is 43.3 Å². The van der Waals surface area contributed by atoms with Crippen LogP contribution in [0.2, 0.25) is 0 Å². The zero-order valence-corrected chi connectivity index (χ0v) is 13.1. The molecule has 0 aliphatic carbocycles. The van der Waals surface area contributed by atoms with E-state index >= 15 is 0 Å². The predicted molar refractivity (Wildman–Crippen MR) is 86.0 cm³/mol. The van der Waals surface area contributed by atoms with Crippen LogP contribution in [0, 0.1) is 0 Å². The van der Waals surface area contributed by atoms with Crippen LogP contribution in [-0.2, 0) is 24.2 Å². The number of nitrogens with one attached hydrogen (secondary N) is 1. The van der Waals surface area contributed by atoms with Crippen molar-refractivity contribution in [3.63, 3.8) is 0 Å². The molecular weight excluding hydrogens is 276 g/mol. The first kappa shape index (κ1) is 14.7. The Bertz CT molecular complexity index is 673. The number of ether oxygens (including phenoxy) is 1. The minimum absolute atomic E-state index is 0.0513. The molecule has 0 fully saturated rings. The lowest BCUT2D eigenvalue weighted by Crippen LogP contribution is -2.26. The maximum Gasteiger partial charge on any atom is 0.224 e. The summed E-state index contributed by atoms with van der Waals surface area (Å²) in [6, 6.07) is 10.5. The summed E-state index contributed by atoms with van der Waals surface area (Å²) >= 11 is 0. The van der Waals surface area contributed by atoms with Gasteiger partial charge < -0.3 is 14.6 Å². The molecule has 1 aromatic heterocycles. The summed E-state index contributed by atoms with van der Waals surface area (Å²) in [4.78, 5) is 12.1. The van der Waals surface area contributed by atoms with E-state index in [9.17, 15) is 4.79 Å². The monoisotopic (exact) mass is 298 g/mol. The Morgan fingerprint density at radius 1 is 1.36 bits per heavy atom. The van der Waals surface area contributed by atoms with Crippen molar-refractivity contribution < 1.29 is 9.53 Å². The number of amides is 1. The fourth-order valence-electron chi connectivity index (χ4n) is 2.87. The number of fused-ring (bicyclic) bond motifs is 1. The summed E-state index contributed by atoms with van der Waals surface area (Å²) in [6.45, 7) is 5.59. The summed E-state index contributed by atoms with van der Waals surface area (Å²) in [5, 5.41) is 3.01. The van der Waals surface area contributed by atoms with Crippen molar-refractivity contribution in [3.05, 3.63) is 53.3 Å². The Hall–Kier alpha value is -2.23. The lowest BCUT2D eigenvalue weighted by atomic mass is 10.1. The zero-order chi connectivity index (χ0) is 15.5. The van der Waals surface area contributed by atoms with Crippen LogP contribution in [-0.4, -0.2) is 17.1 Å². The molecule has 0 atom stereocenters. The minimum atomic E-state index is 0.0513. The van der Waals surface area contributed by atoms with Gasteiger partial charge in [-0.1, -0.05) is 12.1 Å². The van der Waals surface area contributed by atoms with E-state index in [2.05, 4.69) is 29.8 Å². The zero-order valence-electron chi connectivity index (χ0n) is 13.1. The van der Waals surface area contributed by atoms with E-state index in [1.807, 2.05) is 30.5 Å². The SMILES string of the molecule is CC(C)n1cccc1CNC(=O)Cc1ccc2c(c1)CCO2. The molecule has 0 spiro atoms. The highest BCUT2D eigenvalue weighted by Crippen LogP contribution is 2.25. The second-order valence-corrected chi connectivity index (χ2v) is 5.99. The average molecular weight is 298 g/mol. The molecule has 1 aliphatic rings. The molecular formula is C18H22N2O2. The third-order valence-corrected chi connectivity index (χ3v) is 4.01. The Kier molecular flexibility index (Phi) is 4.18. The second kappa shape index (κ2) is 6.26. The first-order valence-electron chi connectivity index (χ1n) is 7.80. The lowest BCUT2D eigenvalue weighted by molar-refractivity contribution is -0.120. The molecule has 0 saturated heterocycles. The fourth-order valence-corrected chi connectivity index (χ4v) is 2.87. The molecule has 1 aromatic carbocycles. The van der Waals surface area contributed by atoms with Crippen LogP contribution in [0.15, 0.2) is 36.5 Å². The number of hydrogen-bond donors (Lipinski definition) is 1. The van der Waals surface area contributed by atoms with Crippen LogP contribution in [0.5, 0.6) is 5.75 Å². The summed E-state index contributed by atoms with van der Waals surface area (Å²) in [5.74, 6) is 1.01. The highest BCUT2D eigenvalue weighted by Gasteiger charge is 2.13. The first-order chi connectivity index (χ1) is 10.6. The molecule has 1 aliphatic heterocycles. The van der Waals surface area contributed by atoms with Gasteiger partial charge in [-0.05, 0) is 43.2 Å². The molecule has 116 valence electrons. The third-order valence-electron chi connectivity index (χ3n) is 4.01. The number of carbonyl (C=O) groups excluding carboxylic acids is 1. The Morgan fingerprint density at radius 3 is 3.05 bits per heavy atom. The highest BCUT2D eigenvalue weighted by molar-refractivity contribution is 5.78. The predicted octanol–water partition coefficient (Wildman–Crippen LogP) is 2.86. The van der Waals surface area contributed by atoms with E-state index in [0.717, 1.165) is 30.0 Å². The Labute approximate surface area is 131 Å². The molecule has 4 heteroatoms. The second-order valence-electron chi connectivity index (χ2n) is 5.99. The van der Waals surface area contributed by atoms with Crippen LogP contribution in [0.3, 0.4) is 0 Å². The summed E-state index contributed by atoms with van der Waals surface area (Å²) in [6.07, 6.45) is 3.40. The molecule has 0 bridgehead atoms. The molecule has 3 rings (SSSR count). The number of carbonyl (C=O) groups is 1. The molecule has 2 aromatic rings. The molecule has 0 unspecified atom stereocenters. The van der Waals surface area contributed by atoms with Gasteiger partial charge >= 0.3 is 0 Å². The van der Waals surface area contributed by atoms with Crippen LogP contribution < -0.4 is 10.1 Å². The quantitative estimate of drug-likeness (QED) is 0.922. The lowest BCUT2D eigenvalue weighted by Gasteiger charge is -2.13. The highest BCUT2D eigenvalue weighted by atomic mass is 16.5. The molecule has 1 amide bonds. The Balaban J connectivity index is 1.57. The van der Waals surface area contributed by atoms with Gasteiger partial charge in [0.1, 0.15) is 5.75 Å². The molecule has 22 heavy (non-hydrogen) atoms. The Morgan fingerprint density at radius 2 is 2.23 bits per heavy atom. The van der Waals surface area contributed by atoms with Gasteiger partial charge in [-0.2, -0.15) is 0 Å². The first-order valence-corrected chi connectivity index (χ1v) is 7.80. The smallest absolute Gasteiger partial charge is 0.224 e.